The van der Waals surface area contributed by atoms with Gasteiger partial charge in [0.05, 0.1) is 16.4 Å². The molecule has 0 spiro atoms. The molecule has 1 aliphatic carbocycles. The number of nitrogens with zero attached hydrogens (tertiary/aromatic N) is 4. The predicted octanol–water partition coefficient (Wildman–Crippen LogP) is 4.36. The van der Waals surface area contributed by atoms with Crippen molar-refractivity contribution in [3.05, 3.63) is 52.9 Å². The first-order chi connectivity index (χ1) is 10.7. The monoisotopic (exact) mass is 334 g/mol. The van der Waals surface area contributed by atoms with Crippen LogP contribution < -0.4 is 0 Å². The van der Waals surface area contributed by atoms with Gasteiger partial charge < -0.3 is 9.09 Å². The molecule has 0 amide bonds. The number of hydrogen-bond donors (Lipinski definition) is 0. The third-order valence-corrected chi connectivity index (χ3v) is 4.77. The molecule has 1 aromatic carbocycles. The van der Waals surface area contributed by atoms with Crippen molar-refractivity contribution in [2.75, 3.05) is 0 Å². The van der Waals surface area contributed by atoms with E-state index in [2.05, 4.69) is 19.7 Å². The summed E-state index contributed by atoms with van der Waals surface area (Å²) in [6.07, 6.45) is 7.59. The summed E-state index contributed by atoms with van der Waals surface area (Å²) in [6, 6.07) is 5.77. The van der Waals surface area contributed by atoms with Crippen LogP contribution in [-0.4, -0.2) is 19.7 Å². The number of benzene rings is 1. The van der Waals surface area contributed by atoms with Crippen LogP contribution in [0.3, 0.4) is 0 Å². The van der Waals surface area contributed by atoms with E-state index in [4.69, 9.17) is 27.7 Å². The second-order valence-corrected chi connectivity index (χ2v) is 6.23. The lowest BCUT2D eigenvalue weighted by molar-refractivity contribution is 0.214. The summed E-state index contributed by atoms with van der Waals surface area (Å²) in [5.74, 6) is 1.52. The number of rotatable bonds is 3. The van der Waals surface area contributed by atoms with Gasteiger partial charge in [0.25, 0.3) is 0 Å². The van der Waals surface area contributed by atoms with Gasteiger partial charge in [0.1, 0.15) is 0 Å². The molecule has 5 nitrogen and oxygen atoms in total. The molecule has 0 bridgehead atoms. The van der Waals surface area contributed by atoms with Gasteiger partial charge in [-0.25, -0.2) is 4.98 Å². The zero-order chi connectivity index (χ0) is 15.1. The van der Waals surface area contributed by atoms with Crippen molar-refractivity contribution >= 4 is 23.2 Å². The number of imidazole rings is 1. The minimum Gasteiger partial charge on any atom is -0.339 e. The lowest BCUT2D eigenvalue weighted by atomic mass is 9.80. The smallest absolute Gasteiger partial charge is 0.230 e. The Morgan fingerprint density at radius 1 is 1.18 bits per heavy atom. The van der Waals surface area contributed by atoms with E-state index in [9.17, 15) is 0 Å². The topological polar surface area (TPSA) is 56.7 Å². The first-order valence-electron chi connectivity index (χ1n) is 6.97. The molecule has 0 atom stereocenters. The quantitative estimate of drug-likeness (QED) is 0.714. The molecule has 1 fully saturated rings. The highest BCUT2D eigenvalue weighted by atomic mass is 35.5. The van der Waals surface area contributed by atoms with Crippen LogP contribution in [0, 0.1) is 0 Å². The van der Waals surface area contributed by atoms with E-state index in [0.29, 0.717) is 33.7 Å². The molecule has 112 valence electrons. The van der Waals surface area contributed by atoms with Gasteiger partial charge >= 0.3 is 0 Å². The van der Waals surface area contributed by atoms with Gasteiger partial charge in [-0.2, -0.15) is 4.98 Å². The van der Waals surface area contributed by atoms with Crippen molar-refractivity contribution in [2.24, 2.45) is 0 Å². The van der Waals surface area contributed by atoms with E-state index in [1.165, 1.54) is 0 Å². The van der Waals surface area contributed by atoms with Crippen LogP contribution in [0.5, 0.6) is 0 Å². The van der Waals surface area contributed by atoms with Gasteiger partial charge in [0.2, 0.25) is 11.7 Å². The van der Waals surface area contributed by atoms with E-state index in [1.54, 1.807) is 18.3 Å². The predicted molar refractivity (Wildman–Crippen MR) is 83.0 cm³/mol. The fourth-order valence-electron chi connectivity index (χ4n) is 2.67. The summed E-state index contributed by atoms with van der Waals surface area (Å²) in [4.78, 5) is 8.55. The minimum atomic E-state index is 0.302. The first kappa shape index (κ1) is 13.8. The van der Waals surface area contributed by atoms with E-state index in [1.807, 2.05) is 18.6 Å². The molecular weight excluding hydrogens is 323 g/mol. The van der Waals surface area contributed by atoms with Crippen molar-refractivity contribution in [3.8, 4) is 11.4 Å². The SMILES string of the molecule is Clc1ccc(-c2noc(C3CC(n4ccnc4)C3)n2)cc1Cl. The Hall–Kier alpha value is -1.85. The second-order valence-electron chi connectivity index (χ2n) is 5.42. The van der Waals surface area contributed by atoms with Crippen LogP contribution in [0.25, 0.3) is 11.4 Å². The van der Waals surface area contributed by atoms with Gasteiger partial charge in [-0.3, -0.25) is 0 Å². The Bertz CT molecular complexity index is 794. The molecule has 4 rings (SSSR count). The largest absolute Gasteiger partial charge is 0.339 e. The molecule has 22 heavy (non-hydrogen) atoms. The van der Waals surface area contributed by atoms with E-state index in [0.717, 1.165) is 18.4 Å². The lowest BCUT2D eigenvalue weighted by Crippen LogP contribution is -2.24. The third kappa shape index (κ3) is 2.40. The van der Waals surface area contributed by atoms with Gasteiger partial charge in [-0.15, -0.1) is 0 Å². The Balaban J connectivity index is 1.49. The maximum Gasteiger partial charge on any atom is 0.230 e. The molecule has 2 heterocycles. The summed E-state index contributed by atoms with van der Waals surface area (Å²) in [5, 5.41) is 5.03. The van der Waals surface area contributed by atoms with Crippen molar-refractivity contribution in [3.63, 3.8) is 0 Å². The highest BCUT2D eigenvalue weighted by Gasteiger charge is 2.35. The molecule has 0 saturated heterocycles. The summed E-state index contributed by atoms with van der Waals surface area (Å²) >= 11 is 11.9. The molecule has 3 aromatic rings. The molecular formula is C15H12Cl2N4O. The van der Waals surface area contributed by atoms with Crippen LogP contribution in [0.15, 0.2) is 41.4 Å². The van der Waals surface area contributed by atoms with Gasteiger partial charge in [0.15, 0.2) is 0 Å². The molecule has 2 aromatic heterocycles. The van der Waals surface area contributed by atoms with Gasteiger partial charge in [-0.05, 0) is 31.0 Å². The number of aromatic nitrogens is 4. The average molecular weight is 335 g/mol. The maximum atomic E-state index is 6.02. The standard InChI is InChI=1S/C15H12Cl2N4O/c16-12-2-1-9(7-13(12)17)14-19-15(22-20-14)10-5-11(6-10)21-4-3-18-8-21/h1-4,7-8,10-11H,5-6H2. The summed E-state index contributed by atoms with van der Waals surface area (Å²) in [6.45, 7) is 0. The highest BCUT2D eigenvalue weighted by Crippen LogP contribution is 2.44. The minimum absolute atomic E-state index is 0.302. The average Bonchev–Trinajstić information content (AvgIpc) is 3.12. The van der Waals surface area contributed by atoms with Crippen molar-refractivity contribution in [2.45, 2.75) is 24.8 Å². The molecule has 0 unspecified atom stereocenters. The molecule has 0 radical (unpaired) electrons. The van der Waals surface area contributed by atoms with E-state index in [-0.39, 0.29) is 0 Å². The number of halogens is 2. The van der Waals surface area contributed by atoms with Crippen molar-refractivity contribution in [1.29, 1.82) is 0 Å². The molecule has 0 N–H and O–H groups in total. The van der Waals surface area contributed by atoms with Crippen molar-refractivity contribution in [1.82, 2.24) is 19.7 Å². The zero-order valence-electron chi connectivity index (χ0n) is 11.5. The highest BCUT2D eigenvalue weighted by molar-refractivity contribution is 6.42. The van der Waals surface area contributed by atoms with Gasteiger partial charge in [-0.1, -0.05) is 28.4 Å². The van der Waals surface area contributed by atoms with Crippen LogP contribution >= 0.6 is 23.2 Å². The Morgan fingerprint density at radius 2 is 2.05 bits per heavy atom. The molecule has 0 aliphatic heterocycles. The van der Waals surface area contributed by atoms with Crippen LogP contribution in [0.1, 0.15) is 30.7 Å². The second kappa shape index (κ2) is 5.41. The summed E-state index contributed by atoms with van der Waals surface area (Å²) in [7, 11) is 0. The van der Waals surface area contributed by atoms with Crippen LogP contribution in [-0.2, 0) is 0 Å². The summed E-state index contributed by atoms with van der Waals surface area (Å²) < 4.78 is 7.51. The third-order valence-electron chi connectivity index (χ3n) is 4.03. The molecule has 1 saturated carbocycles. The van der Waals surface area contributed by atoms with E-state index < -0.39 is 0 Å². The van der Waals surface area contributed by atoms with Crippen LogP contribution in [0.4, 0.5) is 0 Å². The maximum absolute atomic E-state index is 6.02. The first-order valence-corrected chi connectivity index (χ1v) is 7.73. The fraction of sp³-hybridized carbons (Fsp3) is 0.267. The van der Waals surface area contributed by atoms with Crippen molar-refractivity contribution < 1.29 is 4.52 Å². The summed E-state index contributed by atoms with van der Waals surface area (Å²) in [5.41, 5.74) is 0.801. The Kier molecular flexibility index (Phi) is 3.39. The molecule has 1 aliphatic rings. The molecule has 7 heteroatoms. The lowest BCUT2D eigenvalue weighted by Gasteiger charge is -2.33. The zero-order valence-corrected chi connectivity index (χ0v) is 13.0. The van der Waals surface area contributed by atoms with Gasteiger partial charge in [0, 0.05) is 29.9 Å². The Labute approximate surface area is 136 Å². The number of hydrogen-bond acceptors (Lipinski definition) is 4. The van der Waals surface area contributed by atoms with E-state index >= 15 is 0 Å². The Morgan fingerprint density at radius 3 is 2.77 bits per heavy atom. The fourth-order valence-corrected chi connectivity index (χ4v) is 2.97. The van der Waals surface area contributed by atoms with Crippen LogP contribution in [0.2, 0.25) is 10.0 Å². The normalized spacial score (nSPS) is 20.8.